The molecule has 0 radical (unpaired) electrons. The smallest absolute Gasteiger partial charge is 0.240 e. The lowest BCUT2D eigenvalue weighted by Gasteiger charge is -2.23. The number of amides is 3. The topological polar surface area (TPSA) is 95.6 Å². The maximum atomic E-state index is 13.8. The van der Waals surface area contributed by atoms with E-state index in [0.717, 1.165) is 42.2 Å². The Kier molecular flexibility index (Phi) is 8.71. The molecule has 0 spiro atoms. The number of carbonyl (C=O) groups is 3. The van der Waals surface area contributed by atoms with Gasteiger partial charge in [0.15, 0.2) is 0 Å². The molecule has 176 valence electrons. The van der Waals surface area contributed by atoms with Crippen molar-refractivity contribution in [2.45, 2.75) is 38.6 Å². The summed E-state index contributed by atoms with van der Waals surface area (Å²) in [6.07, 6.45) is 3.86. The van der Waals surface area contributed by atoms with Gasteiger partial charge in [-0.1, -0.05) is 36.6 Å². The number of benzene rings is 2. The number of anilines is 2. The molecule has 1 fully saturated rings. The van der Waals surface area contributed by atoms with Crippen molar-refractivity contribution >= 4 is 39.9 Å². The molecule has 33 heavy (non-hydrogen) atoms. The Hall–Kier alpha value is -3.07. The van der Waals surface area contributed by atoms with E-state index in [1.54, 1.807) is 12.1 Å². The zero-order valence-corrected chi connectivity index (χ0v) is 19.3. The zero-order valence-electron chi connectivity index (χ0n) is 18.5. The second-order valence-electron chi connectivity index (χ2n) is 8.15. The SMILES string of the molecule is Cc1ccc(NC(=O)CS(=O)CC(=O)N(CC(=O)NC2CCCC2)c2cccc(F)c2)cc1. The zero-order chi connectivity index (χ0) is 23.8. The van der Waals surface area contributed by atoms with Crippen LogP contribution >= 0.6 is 0 Å². The summed E-state index contributed by atoms with van der Waals surface area (Å²) >= 11 is 0. The highest BCUT2D eigenvalue weighted by Crippen LogP contribution is 2.19. The fourth-order valence-corrected chi connectivity index (χ4v) is 4.60. The third-order valence-electron chi connectivity index (χ3n) is 5.35. The van der Waals surface area contributed by atoms with E-state index in [4.69, 9.17) is 0 Å². The van der Waals surface area contributed by atoms with Gasteiger partial charge >= 0.3 is 0 Å². The van der Waals surface area contributed by atoms with E-state index in [2.05, 4.69) is 10.6 Å². The lowest BCUT2D eigenvalue weighted by atomic mass is 10.2. The maximum absolute atomic E-state index is 13.8. The first-order valence-corrected chi connectivity index (χ1v) is 12.4. The molecule has 0 bridgehead atoms. The summed E-state index contributed by atoms with van der Waals surface area (Å²) in [6, 6.07) is 12.5. The summed E-state index contributed by atoms with van der Waals surface area (Å²) in [4.78, 5) is 38.8. The van der Waals surface area contributed by atoms with Crippen molar-refractivity contribution in [2.24, 2.45) is 0 Å². The Morgan fingerprint density at radius 3 is 2.39 bits per heavy atom. The van der Waals surface area contributed by atoms with Crippen LogP contribution in [0.15, 0.2) is 48.5 Å². The molecule has 1 aliphatic rings. The monoisotopic (exact) mass is 473 g/mol. The van der Waals surface area contributed by atoms with Gasteiger partial charge in [0.1, 0.15) is 23.9 Å². The van der Waals surface area contributed by atoms with Crippen molar-refractivity contribution in [1.82, 2.24) is 5.32 Å². The second-order valence-corrected chi connectivity index (χ2v) is 9.61. The minimum atomic E-state index is -1.81. The molecule has 2 aromatic rings. The van der Waals surface area contributed by atoms with Gasteiger partial charge in [0.25, 0.3) is 0 Å². The number of halogens is 1. The molecule has 2 N–H and O–H groups in total. The number of carbonyl (C=O) groups excluding carboxylic acids is 3. The highest BCUT2D eigenvalue weighted by atomic mass is 32.2. The molecule has 3 amide bonds. The fourth-order valence-electron chi connectivity index (χ4n) is 3.70. The van der Waals surface area contributed by atoms with Crippen LogP contribution in [0.5, 0.6) is 0 Å². The molecule has 2 aromatic carbocycles. The predicted molar refractivity (Wildman–Crippen MR) is 127 cm³/mol. The van der Waals surface area contributed by atoms with E-state index in [1.165, 1.54) is 18.2 Å². The van der Waals surface area contributed by atoms with Crippen molar-refractivity contribution < 1.29 is 23.0 Å². The molecular formula is C24H28FN3O4S. The Morgan fingerprint density at radius 1 is 1.03 bits per heavy atom. The summed E-state index contributed by atoms with van der Waals surface area (Å²) in [5.74, 6) is -2.85. The number of aryl methyl sites for hydroxylation is 1. The third-order valence-corrected chi connectivity index (χ3v) is 6.51. The van der Waals surface area contributed by atoms with Gasteiger partial charge in [0.05, 0.1) is 0 Å². The molecule has 0 saturated heterocycles. The minimum Gasteiger partial charge on any atom is -0.352 e. The first kappa shape index (κ1) is 24.6. The highest BCUT2D eigenvalue weighted by molar-refractivity contribution is 7.86. The van der Waals surface area contributed by atoms with Crippen LogP contribution in [0, 0.1) is 12.7 Å². The molecular weight excluding hydrogens is 445 g/mol. The summed E-state index contributed by atoms with van der Waals surface area (Å²) in [5, 5.41) is 5.54. The van der Waals surface area contributed by atoms with Gasteiger partial charge in [-0.05, 0) is 50.1 Å². The quantitative estimate of drug-likeness (QED) is 0.585. The molecule has 3 rings (SSSR count). The lowest BCUT2D eigenvalue weighted by molar-refractivity contribution is -0.123. The van der Waals surface area contributed by atoms with Crippen molar-refractivity contribution in [1.29, 1.82) is 0 Å². The van der Waals surface area contributed by atoms with Gasteiger partial charge in [0.2, 0.25) is 17.7 Å². The summed E-state index contributed by atoms with van der Waals surface area (Å²) in [5.41, 5.74) is 1.80. The Morgan fingerprint density at radius 2 is 1.73 bits per heavy atom. The lowest BCUT2D eigenvalue weighted by Crippen LogP contribution is -2.45. The van der Waals surface area contributed by atoms with Gasteiger partial charge in [-0.15, -0.1) is 0 Å². The molecule has 1 saturated carbocycles. The van der Waals surface area contributed by atoms with Crippen LogP contribution in [0.25, 0.3) is 0 Å². The average molecular weight is 474 g/mol. The number of hydrogen-bond donors (Lipinski definition) is 2. The molecule has 9 heteroatoms. The van der Waals surface area contributed by atoms with E-state index in [0.29, 0.717) is 5.69 Å². The number of hydrogen-bond acceptors (Lipinski definition) is 4. The van der Waals surface area contributed by atoms with E-state index < -0.39 is 34.2 Å². The van der Waals surface area contributed by atoms with E-state index in [9.17, 15) is 23.0 Å². The van der Waals surface area contributed by atoms with E-state index in [1.807, 2.05) is 19.1 Å². The van der Waals surface area contributed by atoms with Crippen LogP contribution in [0.2, 0.25) is 0 Å². The summed E-state index contributed by atoms with van der Waals surface area (Å²) in [6.45, 7) is 1.61. The molecule has 7 nitrogen and oxygen atoms in total. The number of nitrogens with zero attached hydrogens (tertiary/aromatic N) is 1. The van der Waals surface area contributed by atoms with Crippen molar-refractivity contribution in [3.63, 3.8) is 0 Å². The number of rotatable bonds is 9. The Labute approximate surface area is 195 Å². The van der Waals surface area contributed by atoms with E-state index in [-0.39, 0.29) is 29.9 Å². The second kappa shape index (κ2) is 11.7. The van der Waals surface area contributed by atoms with Gasteiger partial charge < -0.3 is 15.5 Å². The van der Waals surface area contributed by atoms with Gasteiger partial charge in [0, 0.05) is 28.2 Å². The minimum absolute atomic E-state index is 0.0709. The summed E-state index contributed by atoms with van der Waals surface area (Å²) < 4.78 is 26.3. The number of nitrogens with one attached hydrogen (secondary N) is 2. The first-order valence-electron chi connectivity index (χ1n) is 10.9. The van der Waals surface area contributed by atoms with Crippen molar-refractivity contribution in [3.8, 4) is 0 Å². The van der Waals surface area contributed by atoms with Crippen LogP contribution in [0.3, 0.4) is 0 Å². The van der Waals surface area contributed by atoms with Crippen LogP contribution in [-0.4, -0.2) is 46.0 Å². The predicted octanol–water partition coefficient (Wildman–Crippen LogP) is 2.91. The van der Waals surface area contributed by atoms with Crippen LogP contribution in [-0.2, 0) is 25.2 Å². The van der Waals surface area contributed by atoms with Crippen molar-refractivity contribution in [2.75, 3.05) is 28.3 Å². The standard InChI is InChI=1S/C24H28FN3O4S/c1-17-9-11-20(12-10-17)27-23(30)15-33(32)16-24(31)28(21-8-4-5-18(25)13-21)14-22(29)26-19-6-2-3-7-19/h4-5,8-13,19H,2-3,6-7,14-16H2,1H3,(H,26,29)(H,27,30). The molecule has 0 aliphatic heterocycles. The van der Waals surface area contributed by atoms with Crippen LogP contribution in [0.1, 0.15) is 31.2 Å². The molecule has 1 atom stereocenters. The normalized spacial score (nSPS) is 14.5. The largest absolute Gasteiger partial charge is 0.352 e. The Bertz CT molecular complexity index is 1020. The average Bonchev–Trinajstić information content (AvgIpc) is 3.26. The first-order chi connectivity index (χ1) is 15.8. The molecule has 1 unspecified atom stereocenters. The summed E-state index contributed by atoms with van der Waals surface area (Å²) in [7, 11) is -1.81. The third kappa shape index (κ3) is 7.78. The van der Waals surface area contributed by atoms with Crippen LogP contribution < -0.4 is 15.5 Å². The van der Waals surface area contributed by atoms with Gasteiger partial charge in [-0.3, -0.25) is 18.6 Å². The Balaban J connectivity index is 1.61. The highest BCUT2D eigenvalue weighted by Gasteiger charge is 2.24. The van der Waals surface area contributed by atoms with Crippen molar-refractivity contribution in [3.05, 3.63) is 59.9 Å². The molecule has 0 aromatic heterocycles. The molecule has 1 aliphatic carbocycles. The molecule has 0 heterocycles. The van der Waals surface area contributed by atoms with Gasteiger partial charge in [-0.2, -0.15) is 0 Å². The maximum Gasteiger partial charge on any atom is 0.240 e. The fraction of sp³-hybridized carbons (Fsp3) is 0.375. The van der Waals surface area contributed by atoms with E-state index >= 15 is 0 Å². The van der Waals surface area contributed by atoms with Gasteiger partial charge in [-0.25, -0.2) is 4.39 Å². The van der Waals surface area contributed by atoms with Crippen LogP contribution in [0.4, 0.5) is 15.8 Å².